The van der Waals surface area contributed by atoms with E-state index in [2.05, 4.69) is 25.6 Å². The number of sulfonamides is 1. The predicted molar refractivity (Wildman–Crippen MR) is 136 cm³/mol. The largest absolute Gasteiger partial charge is 0.465 e. The van der Waals surface area contributed by atoms with Crippen LogP contribution in [0.2, 0.25) is 5.02 Å². The van der Waals surface area contributed by atoms with E-state index in [-0.39, 0.29) is 47.9 Å². The molecular weight excluding hydrogens is 529 g/mol. The highest BCUT2D eigenvalue weighted by Gasteiger charge is 2.32. The van der Waals surface area contributed by atoms with Gasteiger partial charge < -0.3 is 25.4 Å². The molecule has 0 bridgehead atoms. The van der Waals surface area contributed by atoms with Crippen LogP contribution in [-0.4, -0.2) is 86.6 Å². The minimum absolute atomic E-state index is 0.0584. The first-order valence-electron chi connectivity index (χ1n) is 11.4. The SMILES string of the molecule is Cc1nc2c(F)cc(-c3nc(N[C@@H]4CCN(S(C)(=O)=O)C[C@H]4O)ncc3Cl)cc2n1C(C)CNC(=O)O. The van der Waals surface area contributed by atoms with Gasteiger partial charge in [-0.05, 0) is 32.4 Å². The third-order valence-electron chi connectivity index (χ3n) is 6.26. The van der Waals surface area contributed by atoms with Crippen molar-refractivity contribution in [2.45, 2.75) is 38.5 Å². The molecule has 1 aliphatic heterocycles. The average molecular weight is 556 g/mol. The van der Waals surface area contributed by atoms with E-state index < -0.39 is 34.1 Å². The number of carbonyl (C=O) groups is 1. The quantitative estimate of drug-likeness (QED) is 0.342. The summed E-state index contributed by atoms with van der Waals surface area (Å²) in [6, 6.07) is 2.08. The fourth-order valence-electron chi connectivity index (χ4n) is 4.47. The van der Waals surface area contributed by atoms with Crippen molar-refractivity contribution >= 4 is 44.7 Å². The van der Waals surface area contributed by atoms with Crippen LogP contribution in [0.4, 0.5) is 15.1 Å². The lowest BCUT2D eigenvalue weighted by Crippen LogP contribution is -2.51. The Balaban J connectivity index is 1.65. The summed E-state index contributed by atoms with van der Waals surface area (Å²) in [7, 11) is -3.42. The summed E-state index contributed by atoms with van der Waals surface area (Å²) >= 11 is 6.37. The molecule has 12 nitrogen and oxygen atoms in total. The number of β-amino-alcohol motifs (C(OH)–C–C–N with tert-alkyl or cyclic N) is 1. The number of hydrogen-bond acceptors (Lipinski definition) is 8. The predicted octanol–water partition coefficient (Wildman–Crippen LogP) is 2.23. The normalized spacial score (nSPS) is 19.6. The molecule has 1 amide bonds. The molecule has 0 saturated carbocycles. The number of aromatic nitrogens is 4. The van der Waals surface area contributed by atoms with Crippen molar-refractivity contribution in [1.82, 2.24) is 29.1 Å². The Morgan fingerprint density at radius 2 is 2.08 bits per heavy atom. The van der Waals surface area contributed by atoms with E-state index in [0.717, 1.165) is 6.26 Å². The van der Waals surface area contributed by atoms with Gasteiger partial charge in [-0.1, -0.05) is 11.6 Å². The Hall–Kier alpha value is -3.07. The number of imidazole rings is 1. The number of halogens is 2. The molecule has 1 fully saturated rings. The molecule has 0 radical (unpaired) electrons. The third-order valence-corrected chi connectivity index (χ3v) is 7.81. The number of hydrogen-bond donors (Lipinski definition) is 4. The number of nitrogens with one attached hydrogen (secondary N) is 2. The molecule has 3 atom stereocenters. The van der Waals surface area contributed by atoms with Gasteiger partial charge in [0.25, 0.3) is 0 Å². The minimum atomic E-state index is -3.42. The van der Waals surface area contributed by atoms with Crippen molar-refractivity contribution in [1.29, 1.82) is 0 Å². The number of fused-ring (bicyclic) bond motifs is 1. The molecule has 4 rings (SSSR count). The topological polar surface area (TPSA) is 163 Å². The highest BCUT2D eigenvalue weighted by molar-refractivity contribution is 7.88. The molecule has 4 N–H and O–H groups in total. The van der Waals surface area contributed by atoms with Crippen LogP contribution in [0.25, 0.3) is 22.3 Å². The maximum Gasteiger partial charge on any atom is 0.404 e. The van der Waals surface area contributed by atoms with E-state index in [1.54, 1.807) is 24.5 Å². The number of anilines is 1. The monoisotopic (exact) mass is 555 g/mol. The van der Waals surface area contributed by atoms with E-state index in [9.17, 15) is 18.3 Å². The fraction of sp³-hybridized carbons (Fsp3) is 0.455. The zero-order chi connectivity index (χ0) is 27.1. The Morgan fingerprint density at radius 3 is 2.73 bits per heavy atom. The number of amides is 1. The number of aliphatic hydroxyl groups is 1. The molecule has 3 heterocycles. The molecule has 2 aromatic heterocycles. The summed E-state index contributed by atoms with van der Waals surface area (Å²) in [4.78, 5) is 23.8. The average Bonchev–Trinajstić information content (AvgIpc) is 3.15. The Morgan fingerprint density at radius 1 is 1.35 bits per heavy atom. The van der Waals surface area contributed by atoms with Gasteiger partial charge in [0.05, 0.1) is 46.9 Å². The van der Waals surface area contributed by atoms with Crippen molar-refractivity contribution in [2.24, 2.45) is 0 Å². The second-order valence-electron chi connectivity index (χ2n) is 9.01. The first-order valence-corrected chi connectivity index (χ1v) is 13.6. The summed E-state index contributed by atoms with van der Waals surface area (Å²) in [6.07, 6.45) is 0.624. The lowest BCUT2D eigenvalue weighted by molar-refractivity contribution is 0.0950. The van der Waals surface area contributed by atoms with Crippen molar-refractivity contribution in [3.8, 4) is 11.3 Å². The number of piperidine rings is 1. The van der Waals surface area contributed by atoms with Gasteiger partial charge in [-0.25, -0.2) is 32.6 Å². The number of nitrogens with zero attached hydrogens (tertiary/aromatic N) is 5. The van der Waals surface area contributed by atoms with Crippen molar-refractivity contribution in [3.05, 3.63) is 35.0 Å². The number of aliphatic hydroxyl groups excluding tert-OH is 1. The van der Waals surface area contributed by atoms with E-state index >= 15 is 4.39 Å². The van der Waals surface area contributed by atoms with Crippen LogP contribution in [0.15, 0.2) is 18.3 Å². The Labute approximate surface area is 217 Å². The highest BCUT2D eigenvalue weighted by Crippen LogP contribution is 2.32. The second-order valence-corrected chi connectivity index (χ2v) is 11.4. The third kappa shape index (κ3) is 5.76. The molecule has 200 valence electrons. The molecule has 0 aliphatic carbocycles. The Bertz CT molecular complexity index is 1450. The minimum Gasteiger partial charge on any atom is -0.465 e. The molecule has 1 unspecified atom stereocenters. The summed E-state index contributed by atoms with van der Waals surface area (Å²) in [5.74, 6) is 0.0530. The second kappa shape index (κ2) is 10.4. The van der Waals surface area contributed by atoms with Gasteiger partial charge in [-0.15, -0.1) is 0 Å². The van der Waals surface area contributed by atoms with Gasteiger partial charge in [-0.2, -0.15) is 4.31 Å². The molecule has 37 heavy (non-hydrogen) atoms. The smallest absolute Gasteiger partial charge is 0.404 e. The van der Waals surface area contributed by atoms with Gasteiger partial charge in [0, 0.05) is 25.2 Å². The van der Waals surface area contributed by atoms with Crippen LogP contribution in [0, 0.1) is 12.7 Å². The van der Waals surface area contributed by atoms with Crippen molar-refractivity contribution in [2.75, 3.05) is 31.2 Å². The first-order chi connectivity index (χ1) is 17.3. The molecule has 1 saturated heterocycles. The number of carboxylic acid groups (broad SMARTS) is 1. The maximum absolute atomic E-state index is 15.1. The highest BCUT2D eigenvalue weighted by atomic mass is 35.5. The molecule has 15 heteroatoms. The molecule has 0 spiro atoms. The van der Waals surface area contributed by atoms with Gasteiger partial charge >= 0.3 is 6.09 Å². The summed E-state index contributed by atoms with van der Waals surface area (Å²) in [5, 5.41) is 24.9. The summed E-state index contributed by atoms with van der Waals surface area (Å²) < 4.78 is 41.6. The zero-order valence-electron chi connectivity index (χ0n) is 20.3. The van der Waals surface area contributed by atoms with E-state index in [0.29, 0.717) is 23.3 Å². The van der Waals surface area contributed by atoms with Gasteiger partial charge in [0.1, 0.15) is 11.3 Å². The van der Waals surface area contributed by atoms with Crippen LogP contribution < -0.4 is 10.6 Å². The lowest BCUT2D eigenvalue weighted by atomic mass is 10.0. The van der Waals surface area contributed by atoms with Crippen LogP contribution in [0.3, 0.4) is 0 Å². The molecular formula is C22H27ClFN7O5S. The van der Waals surface area contributed by atoms with Gasteiger partial charge in [-0.3, -0.25) is 0 Å². The number of benzene rings is 1. The van der Waals surface area contributed by atoms with Crippen molar-refractivity contribution in [3.63, 3.8) is 0 Å². The Kier molecular flexibility index (Phi) is 7.55. The molecule has 1 aliphatic rings. The lowest BCUT2D eigenvalue weighted by Gasteiger charge is -2.34. The van der Waals surface area contributed by atoms with Crippen LogP contribution in [0.5, 0.6) is 0 Å². The first kappa shape index (κ1) is 27.0. The zero-order valence-corrected chi connectivity index (χ0v) is 21.9. The number of aryl methyl sites for hydroxylation is 1. The summed E-state index contributed by atoms with van der Waals surface area (Å²) in [5.41, 5.74) is 1.17. The summed E-state index contributed by atoms with van der Waals surface area (Å²) in [6.45, 7) is 3.76. The van der Waals surface area contributed by atoms with Gasteiger partial charge in [0.2, 0.25) is 16.0 Å². The van der Waals surface area contributed by atoms with Crippen molar-refractivity contribution < 1.29 is 27.8 Å². The fourth-order valence-corrected chi connectivity index (χ4v) is 5.53. The van der Waals surface area contributed by atoms with E-state index in [4.69, 9.17) is 16.7 Å². The van der Waals surface area contributed by atoms with E-state index in [1.807, 2.05) is 0 Å². The van der Waals surface area contributed by atoms with Crippen LogP contribution in [-0.2, 0) is 10.0 Å². The van der Waals surface area contributed by atoms with Gasteiger partial charge in [0.15, 0.2) is 5.82 Å². The molecule has 3 aromatic rings. The van der Waals surface area contributed by atoms with E-state index in [1.165, 1.54) is 16.6 Å². The maximum atomic E-state index is 15.1. The standard InChI is InChI=1S/C22H27ClFN7O5S/c1-11(8-26-22(33)34)31-12(2)27-20-15(24)6-13(7-17(20)31)19-14(23)9-25-21(29-19)28-16-4-5-30(10-18(16)32)37(3,35)36/h6-7,9,11,16,18,26,32H,4-5,8,10H2,1-3H3,(H,33,34)(H,25,28,29)/t11?,16-,18-/m1/s1. The number of rotatable bonds is 7. The van der Waals surface area contributed by atoms with Crippen LogP contribution >= 0.6 is 11.6 Å². The molecule has 1 aromatic carbocycles. The van der Waals surface area contributed by atoms with Crippen LogP contribution in [0.1, 0.15) is 25.2 Å².